The molecule has 1 aromatic rings. The van der Waals surface area contributed by atoms with Crippen molar-refractivity contribution in [3.8, 4) is 0 Å². The predicted octanol–water partition coefficient (Wildman–Crippen LogP) is 1.61. The fraction of sp³-hybridized carbons (Fsp3) is 0.333. The summed E-state index contributed by atoms with van der Waals surface area (Å²) in [6.45, 7) is 0. The van der Waals surface area contributed by atoms with Gasteiger partial charge in [-0.2, -0.15) is 0 Å². The lowest BCUT2D eigenvalue weighted by Gasteiger charge is -2.21. The van der Waals surface area contributed by atoms with Gasteiger partial charge in [-0.25, -0.2) is 0 Å². The zero-order valence-corrected chi connectivity index (χ0v) is 9.80. The Morgan fingerprint density at radius 3 is 2.50 bits per heavy atom. The molecule has 4 atom stereocenters. The predicted molar refractivity (Wildman–Crippen MR) is 66.1 cm³/mol. The highest BCUT2D eigenvalue weighted by molar-refractivity contribution is 6.07. The second-order valence-electron chi connectivity index (χ2n) is 5.40. The molecule has 0 aromatic heterocycles. The maximum absolute atomic E-state index is 11.9. The van der Waals surface area contributed by atoms with Crippen molar-refractivity contribution in [2.45, 2.75) is 6.42 Å². The van der Waals surface area contributed by atoms with Gasteiger partial charge in [0, 0.05) is 0 Å². The lowest BCUT2D eigenvalue weighted by Crippen LogP contribution is -2.25. The van der Waals surface area contributed by atoms with E-state index in [1.165, 1.54) is 11.1 Å². The number of carbonyl (C=O) groups excluding carboxylic acids is 2. The fourth-order valence-electron chi connectivity index (χ4n) is 3.88. The summed E-state index contributed by atoms with van der Waals surface area (Å²) in [5.74, 6) is 0.119. The number of amides is 2. The third kappa shape index (κ3) is 1.14. The van der Waals surface area contributed by atoms with Crippen molar-refractivity contribution in [1.29, 1.82) is 0 Å². The van der Waals surface area contributed by atoms with Crippen LogP contribution in [-0.2, 0) is 9.59 Å². The van der Waals surface area contributed by atoms with Gasteiger partial charge in [0.1, 0.15) is 0 Å². The largest absolute Gasteiger partial charge is 0.296 e. The summed E-state index contributed by atoms with van der Waals surface area (Å²) in [4.78, 5) is 23.6. The number of imide groups is 1. The number of rotatable bonds is 1. The fourth-order valence-corrected chi connectivity index (χ4v) is 3.88. The molecule has 1 heterocycles. The van der Waals surface area contributed by atoms with E-state index in [9.17, 15) is 9.59 Å². The van der Waals surface area contributed by atoms with Crippen molar-refractivity contribution in [2.75, 3.05) is 0 Å². The minimum Gasteiger partial charge on any atom is -0.296 e. The van der Waals surface area contributed by atoms with Crippen molar-refractivity contribution in [1.82, 2.24) is 5.32 Å². The molecule has 3 heteroatoms. The first-order chi connectivity index (χ1) is 8.75. The number of allylic oxidation sites excluding steroid dienone is 2. The highest BCUT2D eigenvalue weighted by atomic mass is 16.2. The van der Waals surface area contributed by atoms with E-state index in [-0.39, 0.29) is 35.5 Å². The van der Waals surface area contributed by atoms with Gasteiger partial charge < -0.3 is 0 Å². The topological polar surface area (TPSA) is 46.2 Å². The molecule has 1 saturated carbocycles. The van der Waals surface area contributed by atoms with E-state index in [0.29, 0.717) is 0 Å². The summed E-state index contributed by atoms with van der Waals surface area (Å²) in [7, 11) is 0. The lowest BCUT2D eigenvalue weighted by molar-refractivity contribution is -0.126. The SMILES string of the molecule is O=C1NC(=O)C2C3CC(C=C3c3ccccc3)C12. The molecule has 4 rings (SSSR count). The summed E-state index contributed by atoms with van der Waals surface area (Å²) in [5, 5.41) is 2.48. The van der Waals surface area contributed by atoms with E-state index in [1.807, 2.05) is 18.2 Å². The van der Waals surface area contributed by atoms with Crippen LogP contribution in [0.15, 0.2) is 36.4 Å². The molecule has 1 N–H and O–H groups in total. The van der Waals surface area contributed by atoms with Gasteiger partial charge in [0.2, 0.25) is 11.8 Å². The van der Waals surface area contributed by atoms with Gasteiger partial charge in [0.25, 0.3) is 0 Å². The van der Waals surface area contributed by atoms with Crippen LogP contribution in [0.1, 0.15) is 12.0 Å². The molecule has 1 saturated heterocycles. The van der Waals surface area contributed by atoms with Crippen molar-refractivity contribution < 1.29 is 9.59 Å². The molecule has 2 fully saturated rings. The normalized spacial score (nSPS) is 36.6. The van der Waals surface area contributed by atoms with E-state index < -0.39 is 0 Å². The van der Waals surface area contributed by atoms with Crippen LogP contribution in [0.5, 0.6) is 0 Å². The summed E-state index contributed by atoms with van der Waals surface area (Å²) in [6, 6.07) is 10.2. The molecule has 0 spiro atoms. The Hall–Kier alpha value is -1.90. The van der Waals surface area contributed by atoms with E-state index in [2.05, 4.69) is 23.5 Å². The number of hydrogen-bond donors (Lipinski definition) is 1. The van der Waals surface area contributed by atoms with Crippen LogP contribution >= 0.6 is 0 Å². The first-order valence-electron chi connectivity index (χ1n) is 6.37. The summed E-state index contributed by atoms with van der Waals surface area (Å²) >= 11 is 0. The summed E-state index contributed by atoms with van der Waals surface area (Å²) in [5.41, 5.74) is 2.45. The maximum Gasteiger partial charge on any atom is 0.231 e. The third-order valence-electron chi connectivity index (χ3n) is 4.56. The van der Waals surface area contributed by atoms with Crippen LogP contribution in [0.2, 0.25) is 0 Å². The molecule has 4 unspecified atom stereocenters. The van der Waals surface area contributed by atoms with Crippen molar-refractivity contribution in [2.24, 2.45) is 23.7 Å². The Morgan fingerprint density at radius 1 is 1.00 bits per heavy atom. The smallest absolute Gasteiger partial charge is 0.231 e. The zero-order chi connectivity index (χ0) is 12.3. The van der Waals surface area contributed by atoms with Crippen LogP contribution in [0.4, 0.5) is 0 Å². The number of fused-ring (bicyclic) bond motifs is 5. The van der Waals surface area contributed by atoms with Gasteiger partial charge >= 0.3 is 0 Å². The molecule has 2 amide bonds. The molecule has 0 radical (unpaired) electrons. The monoisotopic (exact) mass is 239 g/mol. The second-order valence-corrected chi connectivity index (χ2v) is 5.40. The standard InChI is InChI=1S/C15H13NO2/c17-14-12-9-6-10(8-4-2-1-3-5-8)11(7-9)13(12)15(18)16-14/h1-6,9,11-13H,7H2,(H,16,17,18). The Balaban J connectivity index is 1.77. The number of nitrogens with one attached hydrogen (secondary N) is 1. The molecule has 2 bridgehead atoms. The van der Waals surface area contributed by atoms with Gasteiger partial charge in [-0.3, -0.25) is 14.9 Å². The first kappa shape index (κ1) is 10.1. The number of carbonyl (C=O) groups is 2. The zero-order valence-electron chi connectivity index (χ0n) is 9.80. The van der Waals surface area contributed by atoms with Crippen molar-refractivity contribution >= 4 is 17.4 Å². The number of hydrogen-bond acceptors (Lipinski definition) is 2. The average molecular weight is 239 g/mol. The molecule has 1 aromatic carbocycles. The van der Waals surface area contributed by atoms with Crippen LogP contribution in [0.25, 0.3) is 5.57 Å². The average Bonchev–Trinajstić information content (AvgIpc) is 3.03. The van der Waals surface area contributed by atoms with E-state index in [1.54, 1.807) is 0 Å². The number of benzene rings is 1. The van der Waals surface area contributed by atoms with Crippen LogP contribution in [-0.4, -0.2) is 11.8 Å². The summed E-state index contributed by atoms with van der Waals surface area (Å²) in [6.07, 6.45) is 3.16. The van der Waals surface area contributed by atoms with Gasteiger partial charge in [-0.05, 0) is 29.4 Å². The van der Waals surface area contributed by atoms with Crippen molar-refractivity contribution in [3.63, 3.8) is 0 Å². The van der Waals surface area contributed by atoms with E-state index >= 15 is 0 Å². The quantitative estimate of drug-likeness (QED) is 0.757. The minimum absolute atomic E-state index is 0.0686. The molecule has 3 aliphatic rings. The Bertz CT molecular complexity index is 575. The highest BCUT2D eigenvalue weighted by Gasteiger charge is 2.58. The molecule has 90 valence electrons. The molecule has 1 aliphatic heterocycles. The molecule has 3 nitrogen and oxygen atoms in total. The van der Waals surface area contributed by atoms with Gasteiger partial charge in [-0.15, -0.1) is 0 Å². The van der Waals surface area contributed by atoms with Gasteiger partial charge in [-0.1, -0.05) is 36.4 Å². The van der Waals surface area contributed by atoms with Crippen molar-refractivity contribution in [3.05, 3.63) is 42.0 Å². The lowest BCUT2D eigenvalue weighted by atomic mass is 9.79. The molecular weight excluding hydrogens is 226 g/mol. The minimum atomic E-state index is -0.122. The summed E-state index contributed by atoms with van der Waals surface area (Å²) < 4.78 is 0. The Labute approximate surface area is 105 Å². The molecular formula is C15H13NO2. The van der Waals surface area contributed by atoms with E-state index in [4.69, 9.17) is 0 Å². The third-order valence-corrected chi connectivity index (χ3v) is 4.56. The van der Waals surface area contributed by atoms with Crippen LogP contribution in [0.3, 0.4) is 0 Å². The second kappa shape index (κ2) is 3.31. The van der Waals surface area contributed by atoms with E-state index in [0.717, 1.165) is 6.42 Å². The van der Waals surface area contributed by atoms with Gasteiger partial charge in [0.05, 0.1) is 11.8 Å². The molecule has 2 aliphatic carbocycles. The Kier molecular flexibility index (Phi) is 1.85. The Morgan fingerprint density at radius 2 is 1.72 bits per heavy atom. The highest BCUT2D eigenvalue weighted by Crippen LogP contribution is 2.56. The van der Waals surface area contributed by atoms with Crippen LogP contribution in [0, 0.1) is 23.7 Å². The first-order valence-corrected chi connectivity index (χ1v) is 6.37. The van der Waals surface area contributed by atoms with Gasteiger partial charge in [0.15, 0.2) is 0 Å². The van der Waals surface area contributed by atoms with Crippen LogP contribution < -0.4 is 5.32 Å². The maximum atomic E-state index is 11.9. The molecule has 18 heavy (non-hydrogen) atoms.